The quantitative estimate of drug-likeness (QED) is 0.868. The number of nitrogens with zero attached hydrogens (tertiary/aromatic N) is 2. The van der Waals surface area contributed by atoms with Crippen LogP contribution in [-0.2, 0) is 10.0 Å². The molecule has 0 aromatic carbocycles. The van der Waals surface area contributed by atoms with Crippen molar-refractivity contribution in [2.24, 2.45) is 5.10 Å². The Morgan fingerprint density at radius 1 is 1.45 bits per heavy atom. The lowest BCUT2D eigenvalue weighted by Crippen LogP contribution is -2.25. The topological polar surface area (TPSA) is 62.9 Å². The van der Waals surface area contributed by atoms with E-state index in [0.29, 0.717) is 12.2 Å². The van der Waals surface area contributed by atoms with Gasteiger partial charge in [0.05, 0.1) is 16.8 Å². The lowest BCUT2D eigenvalue weighted by Gasteiger charge is -2.18. The molecule has 8 heteroatoms. The van der Waals surface area contributed by atoms with Crippen molar-refractivity contribution in [3.8, 4) is 0 Å². The summed E-state index contributed by atoms with van der Waals surface area (Å²) in [6.07, 6.45) is 1.60. The molecule has 3 heterocycles. The summed E-state index contributed by atoms with van der Waals surface area (Å²) in [4.78, 5) is 0.957. The molecule has 106 valence electrons. The van der Waals surface area contributed by atoms with E-state index in [9.17, 15) is 8.42 Å². The molecule has 0 spiro atoms. The molecular formula is C12H11ClN2O3S2. The van der Waals surface area contributed by atoms with Gasteiger partial charge >= 0.3 is 0 Å². The van der Waals surface area contributed by atoms with E-state index >= 15 is 0 Å². The molecule has 2 aromatic heterocycles. The van der Waals surface area contributed by atoms with Crippen molar-refractivity contribution in [2.75, 3.05) is 6.26 Å². The number of hydrogen-bond acceptors (Lipinski definition) is 5. The smallest absolute Gasteiger partial charge is 0.247 e. The highest BCUT2D eigenvalue weighted by Gasteiger charge is 2.36. The summed E-state index contributed by atoms with van der Waals surface area (Å²) in [5, 5.41) is 6.40. The molecule has 0 bridgehead atoms. The van der Waals surface area contributed by atoms with Crippen LogP contribution in [0.1, 0.15) is 23.1 Å². The molecule has 5 nitrogen and oxygen atoms in total. The van der Waals surface area contributed by atoms with Gasteiger partial charge in [-0.1, -0.05) is 6.07 Å². The van der Waals surface area contributed by atoms with Crippen molar-refractivity contribution < 1.29 is 12.8 Å². The normalized spacial score (nSPS) is 19.4. The zero-order chi connectivity index (χ0) is 14.3. The standard InChI is InChI=1S/C12H11ClN2O3S2/c1-20(16,17)15-9(10-4-5-12(13)18-10)7-8(14-15)11-3-2-6-19-11/h2-6,9H,7H2,1H3/t9-/m0/s1. The molecule has 2 aromatic rings. The second-order valence-corrected chi connectivity index (χ2v) is 7.58. The Morgan fingerprint density at radius 2 is 2.25 bits per heavy atom. The van der Waals surface area contributed by atoms with Gasteiger partial charge in [-0.3, -0.25) is 0 Å². The van der Waals surface area contributed by atoms with Gasteiger partial charge in [0.1, 0.15) is 11.8 Å². The van der Waals surface area contributed by atoms with Gasteiger partial charge in [0.2, 0.25) is 10.0 Å². The highest BCUT2D eigenvalue weighted by molar-refractivity contribution is 7.88. The summed E-state index contributed by atoms with van der Waals surface area (Å²) >= 11 is 7.29. The first-order valence-corrected chi connectivity index (χ1v) is 8.92. The van der Waals surface area contributed by atoms with E-state index in [1.165, 1.54) is 11.3 Å². The molecule has 0 saturated carbocycles. The molecule has 0 amide bonds. The Morgan fingerprint density at radius 3 is 2.80 bits per heavy atom. The Labute approximate surface area is 125 Å². The first kappa shape index (κ1) is 13.7. The van der Waals surface area contributed by atoms with Gasteiger partial charge in [-0.25, -0.2) is 8.42 Å². The highest BCUT2D eigenvalue weighted by atomic mass is 35.5. The predicted molar refractivity (Wildman–Crippen MR) is 78.6 cm³/mol. The zero-order valence-corrected chi connectivity index (χ0v) is 12.9. The minimum Gasteiger partial charge on any atom is -0.447 e. The number of sulfonamides is 1. The zero-order valence-electron chi connectivity index (χ0n) is 10.5. The molecule has 1 aliphatic rings. The van der Waals surface area contributed by atoms with Crippen molar-refractivity contribution >= 4 is 38.7 Å². The van der Waals surface area contributed by atoms with Gasteiger partial charge in [0.25, 0.3) is 0 Å². The van der Waals surface area contributed by atoms with Gasteiger partial charge in [0.15, 0.2) is 5.22 Å². The first-order chi connectivity index (χ1) is 9.45. The molecule has 0 aliphatic carbocycles. The summed E-state index contributed by atoms with van der Waals surface area (Å²) in [5.74, 6) is 0.496. The third-order valence-electron chi connectivity index (χ3n) is 2.94. The lowest BCUT2D eigenvalue weighted by atomic mass is 10.1. The molecule has 1 aliphatic heterocycles. The molecular weight excluding hydrogens is 320 g/mol. The predicted octanol–water partition coefficient (Wildman–Crippen LogP) is 3.11. The molecule has 0 fully saturated rings. The van der Waals surface area contributed by atoms with Gasteiger partial charge in [-0.2, -0.15) is 9.52 Å². The average Bonchev–Trinajstić information content (AvgIpc) is 3.06. The van der Waals surface area contributed by atoms with E-state index in [0.717, 1.165) is 21.3 Å². The number of furan rings is 1. The van der Waals surface area contributed by atoms with Crippen LogP contribution >= 0.6 is 22.9 Å². The highest BCUT2D eigenvalue weighted by Crippen LogP contribution is 2.36. The van der Waals surface area contributed by atoms with E-state index in [-0.39, 0.29) is 5.22 Å². The summed E-state index contributed by atoms with van der Waals surface area (Å²) in [6.45, 7) is 0. The summed E-state index contributed by atoms with van der Waals surface area (Å²) < 4.78 is 30.2. The molecule has 3 rings (SSSR count). The Bertz CT molecular complexity index is 750. The fourth-order valence-corrected chi connectivity index (χ4v) is 3.87. The minimum atomic E-state index is -3.47. The molecule has 0 unspecified atom stereocenters. The van der Waals surface area contributed by atoms with Crippen LogP contribution in [0.2, 0.25) is 5.22 Å². The fraction of sp³-hybridized carbons (Fsp3) is 0.250. The summed E-state index contributed by atoms with van der Waals surface area (Å²) in [6, 6.07) is 6.62. The summed E-state index contributed by atoms with van der Waals surface area (Å²) in [5.41, 5.74) is 0.739. The van der Waals surface area contributed by atoms with Crippen LogP contribution < -0.4 is 0 Å². The molecule has 0 saturated heterocycles. The number of hydrazone groups is 1. The maximum absolute atomic E-state index is 11.9. The van der Waals surface area contributed by atoms with Crippen LogP contribution in [0.15, 0.2) is 39.2 Å². The average molecular weight is 331 g/mol. The largest absolute Gasteiger partial charge is 0.447 e. The first-order valence-electron chi connectivity index (χ1n) is 5.81. The fourth-order valence-electron chi connectivity index (χ4n) is 2.11. The Kier molecular flexibility index (Phi) is 3.35. The van der Waals surface area contributed by atoms with Crippen molar-refractivity contribution in [3.63, 3.8) is 0 Å². The minimum absolute atomic E-state index is 0.234. The maximum Gasteiger partial charge on any atom is 0.247 e. The van der Waals surface area contributed by atoms with E-state index < -0.39 is 16.1 Å². The number of thiophene rings is 1. The lowest BCUT2D eigenvalue weighted by molar-refractivity contribution is 0.322. The third kappa shape index (κ3) is 2.48. The van der Waals surface area contributed by atoms with Crippen LogP contribution in [0.4, 0.5) is 0 Å². The number of hydrogen-bond donors (Lipinski definition) is 0. The van der Waals surface area contributed by atoms with Crippen LogP contribution in [0, 0.1) is 0 Å². The summed E-state index contributed by atoms with van der Waals surface area (Å²) in [7, 11) is -3.47. The number of halogens is 1. The second kappa shape index (κ2) is 4.91. The Hall–Kier alpha value is -1.31. The number of rotatable bonds is 3. The van der Waals surface area contributed by atoms with Crippen molar-refractivity contribution in [3.05, 3.63) is 45.5 Å². The van der Waals surface area contributed by atoms with E-state index in [1.54, 1.807) is 12.1 Å². The van der Waals surface area contributed by atoms with Gasteiger partial charge in [-0.05, 0) is 35.2 Å². The van der Waals surface area contributed by atoms with Crippen molar-refractivity contribution in [1.29, 1.82) is 0 Å². The molecule has 0 radical (unpaired) electrons. The van der Waals surface area contributed by atoms with Crippen LogP contribution in [0.3, 0.4) is 0 Å². The second-order valence-electron chi connectivity index (χ2n) is 4.42. The van der Waals surface area contributed by atoms with Crippen LogP contribution in [0.25, 0.3) is 0 Å². The molecule has 0 N–H and O–H groups in total. The monoisotopic (exact) mass is 330 g/mol. The third-order valence-corrected chi connectivity index (χ3v) is 5.08. The van der Waals surface area contributed by atoms with Gasteiger partial charge in [-0.15, -0.1) is 11.3 Å². The van der Waals surface area contributed by atoms with E-state index in [2.05, 4.69) is 5.10 Å². The SMILES string of the molecule is CS(=O)(=O)N1N=C(c2cccs2)C[C@H]1c1ccc(Cl)o1. The molecule has 1 atom stereocenters. The van der Waals surface area contributed by atoms with E-state index in [1.807, 2.05) is 17.5 Å². The van der Waals surface area contributed by atoms with Crippen LogP contribution in [-0.4, -0.2) is 24.8 Å². The van der Waals surface area contributed by atoms with Gasteiger partial charge in [0, 0.05) is 6.42 Å². The maximum atomic E-state index is 11.9. The van der Waals surface area contributed by atoms with Crippen LogP contribution in [0.5, 0.6) is 0 Å². The van der Waals surface area contributed by atoms with Crippen molar-refractivity contribution in [1.82, 2.24) is 4.41 Å². The molecule has 20 heavy (non-hydrogen) atoms. The van der Waals surface area contributed by atoms with Gasteiger partial charge < -0.3 is 4.42 Å². The Balaban J connectivity index is 2.00. The van der Waals surface area contributed by atoms with Crippen molar-refractivity contribution in [2.45, 2.75) is 12.5 Å². The van der Waals surface area contributed by atoms with E-state index in [4.69, 9.17) is 16.0 Å².